The largest absolute Gasteiger partial charge is 0.331 e. The average molecular weight is 247 g/mol. The number of hydrogen-bond acceptors (Lipinski definition) is 2. The third-order valence-electron chi connectivity index (χ3n) is 4.80. The Kier molecular flexibility index (Phi) is 3.69. The minimum Gasteiger partial charge on any atom is -0.331 e. The van der Waals surface area contributed by atoms with Crippen LogP contribution < -0.4 is 5.32 Å². The lowest BCUT2D eigenvalue weighted by molar-refractivity contribution is 0.254. The first-order chi connectivity index (χ1) is 8.88. The summed E-state index contributed by atoms with van der Waals surface area (Å²) in [5.41, 5.74) is 1.47. The van der Waals surface area contributed by atoms with Crippen LogP contribution in [-0.4, -0.2) is 22.6 Å². The number of hydrogen-bond donors (Lipinski definition) is 1. The van der Waals surface area contributed by atoms with Crippen LogP contribution in [0.3, 0.4) is 0 Å². The SMILES string of the molecule is CCCC1CCC(n2cncc2C2CNC2)CC1. The highest BCUT2D eigenvalue weighted by Gasteiger charge is 2.27. The van der Waals surface area contributed by atoms with Gasteiger partial charge in [0.2, 0.25) is 0 Å². The van der Waals surface area contributed by atoms with Gasteiger partial charge in [-0.25, -0.2) is 4.98 Å². The Balaban J connectivity index is 1.63. The van der Waals surface area contributed by atoms with Crippen LogP contribution in [-0.2, 0) is 0 Å². The van der Waals surface area contributed by atoms with E-state index < -0.39 is 0 Å². The summed E-state index contributed by atoms with van der Waals surface area (Å²) in [6, 6.07) is 0.719. The van der Waals surface area contributed by atoms with Crippen LogP contribution in [0.5, 0.6) is 0 Å². The van der Waals surface area contributed by atoms with E-state index in [1.165, 1.54) is 44.2 Å². The summed E-state index contributed by atoms with van der Waals surface area (Å²) in [6.07, 6.45) is 12.5. The molecule has 3 heteroatoms. The number of aromatic nitrogens is 2. The second-order valence-electron chi connectivity index (χ2n) is 6.04. The fraction of sp³-hybridized carbons (Fsp3) is 0.800. The minimum absolute atomic E-state index is 0.709. The van der Waals surface area contributed by atoms with Gasteiger partial charge in [0.25, 0.3) is 0 Å². The molecule has 18 heavy (non-hydrogen) atoms. The second-order valence-corrected chi connectivity index (χ2v) is 6.04. The van der Waals surface area contributed by atoms with E-state index in [1.807, 2.05) is 0 Å². The molecule has 1 saturated heterocycles. The van der Waals surface area contributed by atoms with Crippen molar-refractivity contribution in [3.63, 3.8) is 0 Å². The number of imidazole rings is 1. The molecule has 0 amide bonds. The summed E-state index contributed by atoms with van der Waals surface area (Å²) in [5, 5.41) is 3.36. The summed E-state index contributed by atoms with van der Waals surface area (Å²) in [5.74, 6) is 1.70. The van der Waals surface area contributed by atoms with Crippen LogP contribution in [0.2, 0.25) is 0 Å². The normalized spacial score (nSPS) is 29.2. The van der Waals surface area contributed by atoms with Gasteiger partial charge in [0.1, 0.15) is 0 Å². The van der Waals surface area contributed by atoms with Gasteiger partial charge in [-0.05, 0) is 31.6 Å². The Hall–Kier alpha value is -0.830. The smallest absolute Gasteiger partial charge is 0.0950 e. The zero-order valence-corrected chi connectivity index (χ0v) is 11.4. The Morgan fingerprint density at radius 2 is 2.06 bits per heavy atom. The summed E-state index contributed by atoms with van der Waals surface area (Å²) >= 11 is 0. The van der Waals surface area contributed by atoms with Gasteiger partial charge in [0.05, 0.1) is 6.33 Å². The van der Waals surface area contributed by atoms with Gasteiger partial charge in [0, 0.05) is 36.9 Å². The van der Waals surface area contributed by atoms with Gasteiger partial charge in [-0.3, -0.25) is 0 Å². The van der Waals surface area contributed by atoms with Crippen molar-refractivity contribution in [3.05, 3.63) is 18.2 Å². The van der Waals surface area contributed by atoms with E-state index in [4.69, 9.17) is 0 Å². The number of nitrogens with one attached hydrogen (secondary N) is 1. The van der Waals surface area contributed by atoms with Crippen LogP contribution in [0.1, 0.15) is 63.1 Å². The molecule has 0 atom stereocenters. The van der Waals surface area contributed by atoms with Crippen LogP contribution in [0.25, 0.3) is 0 Å². The molecule has 1 N–H and O–H groups in total. The van der Waals surface area contributed by atoms with Crippen LogP contribution in [0, 0.1) is 5.92 Å². The molecule has 2 fully saturated rings. The molecule has 3 rings (SSSR count). The lowest BCUT2D eigenvalue weighted by Crippen LogP contribution is -2.41. The van der Waals surface area contributed by atoms with Gasteiger partial charge >= 0.3 is 0 Å². The van der Waals surface area contributed by atoms with Crippen LogP contribution in [0.15, 0.2) is 12.5 Å². The van der Waals surface area contributed by atoms with E-state index in [0.717, 1.165) is 25.0 Å². The zero-order valence-electron chi connectivity index (χ0n) is 11.4. The molecule has 1 aromatic heterocycles. The van der Waals surface area contributed by atoms with E-state index in [1.54, 1.807) is 0 Å². The molecule has 2 aliphatic rings. The second kappa shape index (κ2) is 5.43. The summed E-state index contributed by atoms with van der Waals surface area (Å²) in [6.45, 7) is 4.58. The van der Waals surface area contributed by atoms with Crippen molar-refractivity contribution in [2.45, 2.75) is 57.4 Å². The van der Waals surface area contributed by atoms with Crippen molar-refractivity contribution in [3.8, 4) is 0 Å². The number of nitrogens with zero attached hydrogens (tertiary/aromatic N) is 2. The molecule has 1 aliphatic carbocycles. The average Bonchev–Trinajstić information content (AvgIpc) is 2.77. The minimum atomic E-state index is 0.709. The fourth-order valence-corrected chi connectivity index (χ4v) is 3.55. The van der Waals surface area contributed by atoms with Gasteiger partial charge in [-0.1, -0.05) is 19.8 Å². The van der Waals surface area contributed by atoms with Crippen molar-refractivity contribution in [2.24, 2.45) is 5.92 Å². The monoisotopic (exact) mass is 247 g/mol. The van der Waals surface area contributed by atoms with Crippen molar-refractivity contribution in [2.75, 3.05) is 13.1 Å². The molecule has 2 heterocycles. The molecule has 0 unspecified atom stereocenters. The van der Waals surface area contributed by atoms with Crippen LogP contribution >= 0.6 is 0 Å². The molecular weight excluding hydrogens is 222 g/mol. The standard InChI is InChI=1S/C15H25N3/c1-2-3-12-4-6-14(7-5-12)18-11-17-10-15(18)13-8-16-9-13/h10-14,16H,2-9H2,1H3. The molecule has 1 aromatic rings. The predicted molar refractivity (Wildman–Crippen MR) is 73.7 cm³/mol. The first-order valence-corrected chi connectivity index (χ1v) is 7.61. The molecule has 0 aromatic carbocycles. The third-order valence-corrected chi connectivity index (χ3v) is 4.80. The van der Waals surface area contributed by atoms with Crippen molar-refractivity contribution in [1.82, 2.24) is 14.9 Å². The van der Waals surface area contributed by atoms with Crippen molar-refractivity contribution >= 4 is 0 Å². The Morgan fingerprint density at radius 1 is 1.28 bits per heavy atom. The molecule has 1 saturated carbocycles. The highest BCUT2D eigenvalue weighted by atomic mass is 15.1. The first-order valence-electron chi connectivity index (χ1n) is 7.61. The Bertz CT molecular complexity index is 373. The lowest BCUT2D eigenvalue weighted by atomic mass is 9.83. The van der Waals surface area contributed by atoms with E-state index in [2.05, 4.69) is 34.3 Å². The third kappa shape index (κ3) is 2.33. The van der Waals surface area contributed by atoms with Gasteiger partial charge in [-0.2, -0.15) is 0 Å². The summed E-state index contributed by atoms with van der Waals surface area (Å²) in [7, 11) is 0. The van der Waals surface area contributed by atoms with Crippen molar-refractivity contribution in [1.29, 1.82) is 0 Å². The maximum Gasteiger partial charge on any atom is 0.0950 e. The van der Waals surface area contributed by atoms with Gasteiger partial charge in [-0.15, -0.1) is 0 Å². The first kappa shape index (κ1) is 12.2. The predicted octanol–water partition coefficient (Wildman–Crippen LogP) is 3.10. The Labute approximate surface area is 110 Å². The zero-order chi connectivity index (χ0) is 12.4. The van der Waals surface area contributed by atoms with E-state index in [0.29, 0.717) is 5.92 Å². The maximum absolute atomic E-state index is 4.39. The molecule has 1 aliphatic heterocycles. The highest BCUT2D eigenvalue weighted by molar-refractivity contribution is 5.13. The topological polar surface area (TPSA) is 29.9 Å². The van der Waals surface area contributed by atoms with Gasteiger partial charge in [0.15, 0.2) is 0 Å². The fourth-order valence-electron chi connectivity index (χ4n) is 3.55. The summed E-state index contributed by atoms with van der Waals surface area (Å²) in [4.78, 5) is 4.39. The van der Waals surface area contributed by atoms with E-state index in [-0.39, 0.29) is 0 Å². The van der Waals surface area contributed by atoms with Gasteiger partial charge < -0.3 is 9.88 Å². The van der Waals surface area contributed by atoms with E-state index >= 15 is 0 Å². The highest BCUT2D eigenvalue weighted by Crippen LogP contribution is 2.36. The molecule has 100 valence electrons. The molecule has 0 radical (unpaired) electrons. The van der Waals surface area contributed by atoms with E-state index in [9.17, 15) is 0 Å². The molecular formula is C15H25N3. The maximum atomic E-state index is 4.39. The van der Waals surface area contributed by atoms with Crippen molar-refractivity contribution < 1.29 is 0 Å². The van der Waals surface area contributed by atoms with Crippen LogP contribution in [0.4, 0.5) is 0 Å². The molecule has 3 nitrogen and oxygen atoms in total. The molecule has 0 bridgehead atoms. The number of rotatable bonds is 4. The summed E-state index contributed by atoms with van der Waals surface area (Å²) < 4.78 is 2.48. The Morgan fingerprint density at radius 3 is 2.67 bits per heavy atom. The lowest BCUT2D eigenvalue weighted by Gasteiger charge is -2.34. The molecule has 0 spiro atoms. The quantitative estimate of drug-likeness (QED) is 0.886.